The molecule has 0 saturated carbocycles. The van der Waals surface area contributed by atoms with E-state index in [1.54, 1.807) is 24.3 Å². The first-order chi connectivity index (χ1) is 25.9. The molecule has 0 aliphatic carbocycles. The number of nitrogens with one attached hydrogen (secondary N) is 4. The number of benzene rings is 3. The number of carboxylic acid groups (broad SMARTS) is 1. The Bertz CT molecular complexity index is 1730. The second-order valence-corrected chi connectivity index (χ2v) is 13.9. The Morgan fingerprint density at radius 1 is 0.704 bits per heavy atom. The van der Waals surface area contributed by atoms with Gasteiger partial charge in [-0.15, -0.1) is 0 Å². The monoisotopic (exact) mass is 740 g/mol. The average Bonchev–Trinajstić information content (AvgIpc) is 3.67. The van der Waals surface area contributed by atoms with E-state index in [-0.39, 0.29) is 31.7 Å². The predicted molar refractivity (Wildman–Crippen MR) is 204 cm³/mol. The van der Waals surface area contributed by atoms with Gasteiger partial charge in [0.15, 0.2) is 0 Å². The minimum Gasteiger partial charge on any atom is -0.480 e. The Kier molecular flexibility index (Phi) is 15.3. The highest BCUT2D eigenvalue weighted by atomic mass is 16.4. The molecule has 0 radical (unpaired) electrons. The quantitative estimate of drug-likeness (QED) is 0.114. The zero-order valence-electron chi connectivity index (χ0n) is 31.1. The van der Waals surface area contributed by atoms with Gasteiger partial charge in [0, 0.05) is 19.4 Å². The van der Waals surface area contributed by atoms with Gasteiger partial charge >= 0.3 is 5.97 Å². The predicted octanol–water partition coefficient (Wildman–Crippen LogP) is 2.12. The summed E-state index contributed by atoms with van der Waals surface area (Å²) in [5.74, 6) is -4.29. The van der Waals surface area contributed by atoms with Crippen LogP contribution in [0.1, 0.15) is 56.7 Å². The van der Waals surface area contributed by atoms with Gasteiger partial charge in [-0.05, 0) is 48.8 Å². The molecule has 5 amide bonds. The van der Waals surface area contributed by atoms with Crippen molar-refractivity contribution < 1.29 is 33.9 Å². The summed E-state index contributed by atoms with van der Waals surface area (Å²) >= 11 is 0. The van der Waals surface area contributed by atoms with Gasteiger partial charge in [-0.25, -0.2) is 4.79 Å². The fraction of sp³-hybridized carbons (Fsp3) is 0.415. The van der Waals surface area contributed by atoms with Crippen molar-refractivity contribution in [1.82, 2.24) is 26.2 Å². The van der Waals surface area contributed by atoms with Crippen molar-refractivity contribution in [3.8, 4) is 0 Å². The highest BCUT2D eigenvalue weighted by Gasteiger charge is 2.39. The molecule has 7 atom stereocenters. The minimum atomic E-state index is -1.19. The summed E-state index contributed by atoms with van der Waals surface area (Å²) < 4.78 is 0. The molecule has 0 bridgehead atoms. The van der Waals surface area contributed by atoms with Crippen LogP contribution in [0.5, 0.6) is 0 Å². The third-order valence-corrected chi connectivity index (χ3v) is 9.81. The minimum absolute atomic E-state index is 0.0750. The number of amides is 5. The number of carbonyl (C=O) groups excluding carboxylic acids is 5. The molecule has 1 fully saturated rings. The SMILES string of the molecule is CC[C@H](C)[C@H](NC(=O)[C@@H](N)Cc1ccccc1)C(=O)N[C@@H](Cc1ccccc1)C(=O)N[C@@H](C)C(=O)N1CCC[C@H]1C(=O)N[C@@H](Cc1ccccc1)C(=O)O. The van der Waals surface area contributed by atoms with Crippen LogP contribution in [-0.4, -0.2) is 88.3 Å². The third-order valence-electron chi connectivity index (χ3n) is 9.81. The second-order valence-electron chi connectivity index (χ2n) is 13.9. The normalized spacial score (nSPS) is 17.2. The standard InChI is InChI=1S/C41H52N6O7/c1-4-26(2)35(46-36(48)31(42)23-28-15-8-5-9-16-28)39(51)44-32(24-29-17-10-6-11-18-29)37(49)43-27(3)40(52)47-22-14-21-34(47)38(50)45-33(41(53)54)25-30-19-12-7-13-20-30/h5-13,15-20,26-27,31-35H,4,14,21-25,42H2,1-3H3,(H,43,49)(H,44,51)(H,45,50)(H,46,48)(H,53,54)/t26-,27-,31-,32-,33-,34-,35-/m0/s1. The largest absolute Gasteiger partial charge is 0.480 e. The Balaban J connectivity index is 1.44. The smallest absolute Gasteiger partial charge is 0.326 e. The fourth-order valence-electron chi connectivity index (χ4n) is 6.49. The number of nitrogens with zero attached hydrogens (tertiary/aromatic N) is 1. The maximum atomic E-state index is 13.9. The maximum absolute atomic E-state index is 13.9. The topological polar surface area (TPSA) is 200 Å². The number of hydrogen-bond donors (Lipinski definition) is 6. The van der Waals surface area contributed by atoms with E-state index >= 15 is 0 Å². The van der Waals surface area contributed by atoms with Gasteiger partial charge in [0.25, 0.3) is 0 Å². The van der Waals surface area contributed by atoms with Gasteiger partial charge in [-0.2, -0.15) is 0 Å². The third kappa shape index (κ3) is 11.7. The number of rotatable bonds is 18. The highest BCUT2D eigenvalue weighted by Crippen LogP contribution is 2.20. The number of aliphatic carboxylic acids is 1. The number of likely N-dealkylation sites (tertiary alicyclic amines) is 1. The zero-order valence-corrected chi connectivity index (χ0v) is 31.1. The lowest BCUT2D eigenvalue weighted by Gasteiger charge is -2.30. The molecule has 4 rings (SSSR count). The van der Waals surface area contributed by atoms with Gasteiger partial charge in [0.1, 0.15) is 30.2 Å². The molecule has 0 spiro atoms. The maximum Gasteiger partial charge on any atom is 0.326 e. The molecule has 7 N–H and O–H groups in total. The Morgan fingerprint density at radius 3 is 1.74 bits per heavy atom. The van der Waals surface area contributed by atoms with Crippen LogP contribution in [0.4, 0.5) is 0 Å². The molecular formula is C41H52N6O7. The summed E-state index contributed by atoms with van der Waals surface area (Å²) in [6.07, 6.45) is 1.86. The summed E-state index contributed by atoms with van der Waals surface area (Å²) in [4.78, 5) is 81.4. The number of hydrogen-bond acceptors (Lipinski definition) is 7. The van der Waals surface area contributed by atoms with Crippen LogP contribution in [0.15, 0.2) is 91.0 Å². The van der Waals surface area contributed by atoms with Crippen LogP contribution >= 0.6 is 0 Å². The van der Waals surface area contributed by atoms with Gasteiger partial charge in [0.2, 0.25) is 29.5 Å². The van der Waals surface area contributed by atoms with Crippen molar-refractivity contribution in [2.24, 2.45) is 11.7 Å². The summed E-state index contributed by atoms with van der Waals surface area (Å²) in [6, 6.07) is 21.1. The lowest BCUT2D eigenvalue weighted by atomic mass is 9.96. The van der Waals surface area contributed by atoms with Crippen LogP contribution in [0.2, 0.25) is 0 Å². The van der Waals surface area contributed by atoms with Crippen LogP contribution in [0, 0.1) is 5.92 Å². The van der Waals surface area contributed by atoms with Gasteiger partial charge in [0.05, 0.1) is 6.04 Å². The van der Waals surface area contributed by atoms with Crippen molar-refractivity contribution in [1.29, 1.82) is 0 Å². The lowest BCUT2D eigenvalue weighted by Crippen LogP contribution is -2.60. The van der Waals surface area contributed by atoms with Crippen molar-refractivity contribution in [3.63, 3.8) is 0 Å². The molecular weight excluding hydrogens is 688 g/mol. The molecule has 3 aromatic rings. The second kappa shape index (κ2) is 20.0. The highest BCUT2D eigenvalue weighted by molar-refractivity contribution is 5.96. The molecule has 0 aromatic heterocycles. The van der Waals surface area contributed by atoms with Crippen LogP contribution in [0.25, 0.3) is 0 Å². The number of carbonyl (C=O) groups is 6. The molecule has 13 nitrogen and oxygen atoms in total. The summed E-state index contributed by atoms with van der Waals surface area (Å²) in [6.45, 7) is 5.46. The van der Waals surface area contributed by atoms with E-state index in [4.69, 9.17) is 5.73 Å². The average molecular weight is 741 g/mol. The van der Waals surface area contributed by atoms with Gasteiger partial charge in [-0.1, -0.05) is 111 Å². The first-order valence-electron chi connectivity index (χ1n) is 18.5. The van der Waals surface area contributed by atoms with Crippen molar-refractivity contribution in [2.45, 2.75) is 95.5 Å². The van der Waals surface area contributed by atoms with Crippen molar-refractivity contribution in [3.05, 3.63) is 108 Å². The Morgan fingerprint density at radius 2 is 1.22 bits per heavy atom. The van der Waals surface area contributed by atoms with Crippen LogP contribution < -0.4 is 27.0 Å². The van der Waals surface area contributed by atoms with E-state index in [1.807, 2.05) is 80.6 Å². The molecule has 1 heterocycles. The van der Waals surface area contributed by atoms with E-state index in [0.717, 1.165) is 16.7 Å². The van der Waals surface area contributed by atoms with E-state index < -0.39 is 71.8 Å². The van der Waals surface area contributed by atoms with Crippen molar-refractivity contribution >= 4 is 35.5 Å². The molecule has 1 aliphatic heterocycles. The molecule has 288 valence electrons. The van der Waals surface area contributed by atoms with E-state index in [9.17, 15) is 33.9 Å². The summed E-state index contributed by atoms with van der Waals surface area (Å²) in [5, 5.41) is 20.7. The number of nitrogens with two attached hydrogens (primary N) is 1. The zero-order chi connectivity index (χ0) is 39.2. The molecule has 0 unspecified atom stereocenters. The fourth-order valence-corrected chi connectivity index (χ4v) is 6.49. The molecule has 1 saturated heterocycles. The summed E-state index contributed by atoms with van der Waals surface area (Å²) in [5.41, 5.74) is 8.60. The van der Waals surface area contributed by atoms with Gasteiger partial charge < -0.3 is 37.0 Å². The molecule has 54 heavy (non-hydrogen) atoms. The van der Waals surface area contributed by atoms with E-state index in [0.29, 0.717) is 19.3 Å². The van der Waals surface area contributed by atoms with E-state index in [2.05, 4.69) is 21.3 Å². The molecule has 13 heteroatoms. The van der Waals surface area contributed by atoms with Crippen LogP contribution in [-0.2, 0) is 48.0 Å². The van der Waals surface area contributed by atoms with Gasteiger partial charge in [-0.3, -0.25) is 24.0 Å². The van der Waals surface area contributed by atoms with Crippen molar-refractivity contribution in [2.75, 3.05) is 6.54 Å². The summed E-state index contributed by atoms with van der Waals surface area (Å²) in [7, 11) is 0. The van der Waals surface area contributed by atoms with Crippen LogP contribution in [0.3, 0.4) is 0 Å². The first-order valence-corrected chi connectivity index (χ1v) is 18.5. The van der Waals surface area contributed by atoms with E-state index in [1.165, 1.54) is 11.8 Å². The lowest BCUT2D eigenvalue weighted by molar-refractivity contribution is -0.144. The Labute approximate surface area is 316 Å². The first kappa shape index (κ1) is 41.2. The number of carboxylic acids is 1. The molecule has 1 aliphatic rings. The Hall–Kier alpha value is -5.56. The molecule has 3 aromatic carbocycles.